The lowest BCUT2D eigenvalue weighted by molar-refractivity contribution is -0.156. The fourth-order valence-electron chi connectivity index (χ4n) is 7.69. The number of aromatic nitrogens is 7. The number of fused-ring (bicyclic) bond motifs is 5. The highest BCUT2D eigenvalue weighted by molar-refractivity contribution is 7.92. The van der Waals surface area contributed by atoms with E-state index in [1.165, 1.54) is 37.0 Å². The van der Waals surface area contributed by atoms with E-state index in [0.717, 1.165) is 23.0 Å². The number of hydrogen-bond donors (Lipinski definition) is 4. The van der Waals surface area contributed by atoms with Crippen LogP contribution in [0, 0.1) is 11.6 Å². The number of sulfonamides is 1. The summed E-state index contributed by atoms with van der Waals surface area (Å²) >= 11 is 12.9. The Morgan fingerprint density at radius 3 is 2.37 bits per heavy atom. The first kappa shape index (κ1) is 41.3. The standard InChI is InChI=1S/C35H27Cl2F6N9O7S/c1-50-25-20(5-4-17(36)22(25)29(48-50)49-60(3,57)58)52-30(45-28-16(32(52)54)10-18(37)31(46-28)59-2)19(8-13-6-14(38)9-15(39)7-13)44-21(53)11-51-26-23(24(47-51)27(40)41)33(55)12-34(33,56)35(26,42)43/h4-7,9-10,19,27,55-56H,8,11-12H2,1-3H3,(H,44,53)(H,48,49)/t19-,33+,34+/m0/s1. The van der Waals surface area contributed by atoms with Crippen LogP contribution in [0.5, 0.6) is 5.88 Å². The average molecular weight is 903 g/mol. The molecular formula is C35H27Cl2F6N9O7S. The van der Waals surface area contributed by atoms with Gasteiger partial charge < -0.3 is 20.3 Å². The van der Waals surface area contributed by atoms with Crippen molar-refractivity contribution in [2.24, 2.45) is 7.05 Å². The number of carbonyl (C=O) groups is 1. The Morgan fingerprint density at radius 1 is 1.05 bits per heavy atom. The number of benzene rings is 2. The van der Waals surface area contributed by atoms with Crippen LogP contribution >= 0.6 is 23.2 Å². The predicted molar refractivity (Wildman–Crippen MR) is 200 cm³/mol. The van der Waals surface area contributed by atoms with E-state index in [0.29, 0.717) is 6.07 Å². The van der Waals surface area contributed by atoms with Crippen molar-refractivity contribution in [1.29, 1.82) is 0 Å². The number of methoxy groups -OCH3 is 1. The van der Waals surface area contributed by atoms with Crippen molar-refractivity contribution in [2.45, 2.75) is 49.0 Å². The minimum atomic E-state index is -4.35. The number of carbonyl (C=O) groups excluding carboxylic acids is 1. The van der Waals surface area contributed by atoms with Crippen LogP contribution < -0.4 is 20.3 Å². The molecule has 2 aliphatic carbocycles. The van der Waals surface area contributed by atoms with Crippen LogP contribution in [-0.2, 0) is 46.4 Å². The van der Waals surface area contributed by atoms with Gasteiger partial charge in [-0.15, -0.1) is 0 Å². The molecule has 0 saturated heterocycles. The minimum absolute atomic E-state index is 0.0101. The number of hydrogen-bond acceptors (Lipinski definition) is 11. The zero-order chi connectivity index (χ0) is 43.6. The van der Waals surface area contributed by atoms with Crippen molar-refractivity contribution in [1.82, 2.24) is 39.4 Å². The van der Waals surface area contributed by atoms with E-state index in [-0.39, 0.29) is 59.6 Å². The Hall–Kier alpha value is -5.49. The second kappa shape index (κ2) is 13.8. The number of nitrogens with one attached hydrogen (secondary N) is 2. The fraction of sp³-hybridized carbons (Fsp3) is 0.314. The molecule has 2 aromatic carbocycles. The Balaban J connectivity index is 1.34. The molecule has 60 heavy (non-hydrogen) atoms. The molecule has 16 nitrogen and oxygen atoms in total. The first-order chi connectivity index (χ1) is 28.0. The summed E-state index contributed by atoms with van der Waals surface area (Å²) in [7, 11) is -1.35. The summed E-state index contributed by atoms with van der Waals surface area (Å²) in [5, 5.41) is 31.1. The molecule has 2 aliphatic rings. The van der Waals surface area contributed by atoms with Gasteiger partial charge in [0.15, 0.2) is 17.1 Å². The molecule has 0 unspecified atom stereocenters. The van der Waals surface area contributed by atoms with Crippen LogP contribution in [0.1, 0.15) is 47.2 Å². The van der Waals surface area contributed by atoms with E-state index in [1.54, 1.807) is 0 Å². The van der Waals surface area contributed by atoms with Gasteiger partial charge in [0, 0.05) is 31.5 Å². The number of nitrogens with zero attached hydrogens (tertiary/aromatic N) is 7. The molecule has 8 rings (SSSR count). The van der Waals surface area contributed by atoms with Crippen molar-refractivity contribution >= 4 is 66.9 Å². The molecular weight excluding hydrogens is 875 g/mol. The normalized spacial score (nSPS) is 19.8. The second-order valence-corrected chi connectivity index (χ2v) is 16.8. The Bertz CT molecular complexity index is 3000. The number of rotatable bonds is 11. The second-order valence-electron chi connectivity index (χ2n) is 14.2. The van der Waals surface area contributed by atoms with Crippen molar-refractivity contribution in [3.05, 3.63) is 96.8 Å². The number of amides is 1. The summed E-state index contributed by atoms with van der Waals surface area (Å²) in [5.74, 6) is -8.61. The number of pyridine rings is 1. The lowest BCUT2D eigenvalue weighted by Crippen LogP contribution is -2.39. The monoisotopic (exact) mass is 901 g/mol. The van der Waals surface area contributed by atoms with Gasteiger partial charge in [0.05, 0.1) is 46.4 Å². The molecule has 1 saturated carbocycles. The number of aliphatic hydroxyl groups is 2. The fourth-order valence-corrected chi connectivity index (χ4v) is 8.66. The van der Waals surface area contributed by atoms with Crippen molar-refractivity contribution in [3.8, 4) is 11.6 Å². The molecule has 6 aromatic rings. The molecule has 316 valence electrons. The van der Waals surface area contributed by atoms with Crippen LogP contribution in [0.25, 0.3) is 27.6 Å². The van der Waals surface area contributed by atoms with E-state index in [2.05, 4.69) is 30.2 Å². The topological polar surface area (TPSA) is 208 Å². The summed E-state index contributed by atoms with van der Waals surface area (Å²) in [6.07, 6.45) is -4.23. The van der Waals surface area contributed by atoms with E-state index >= 15 is 8.78 Å². The molecule has 0 spiro atoms. The highest BCUT2D eigenvalue weighted by Gasteiger charge is 2.87. The van der Waals surface area contributed by atoms with Gasteiger partial charge in [0.2, 0.25) is 21.8 Å². The van der Waals surface area contributed by atoms with Gasteiger partial charge in [-0.25, -0.2) is 31.0 Å². The molecule has 1 amide bonds. The zero-order valence-corrected chi connectivity index (χ0v) is 33.1. The molecule has 3 atom stereocenters. The van der Waals surface area contributed by atoms with E-state index in [4.69, 9.17) is 27.9 Å². The first-order valence-corrected chi connectivity index (χ1v) is 19.9. The third-order valence-corrected chi connectivity index (χ3v) is 11.4. The molecule has 0 aliphatic heterocycles. The summed E-state index contributed by atoms with van der Waals surface area (Å²) in [6.45, 7) is -1.25. The van der Waals surface area contributed by atoms with Crippen molar-refractivity contribution in [3.63, 3.8) is 0 Å². The van der Waals surface area contributed by atoms with Crippen LogP contribution in [0.15, 0.2) is 41.2 Å². The quantitative estimate of drug-likeness (QED) is 0.135. The third kappa shape index (κ3) is 6.32. The maximum Gasteiger partial charge on any atom is 0.321 e. The molecule has 0 bridgehead atoms. The summed E-state index contributed by atoms with van der Waals surface area (Å²) in [5.41, 5.74) is -11.1. The van der Waals surface area contributed by atoms with E-state index in [9.17, 15) is 45.8 Å². The van der Waals surface area contributed by atoms with Gasteiger partial charge in [0.1, 0.15) is 46.0 Å². The summed E-state index contributed by atoms with van der Waals surface area (Å²) in [6, 6.07) is 4.42. The maximum absolute atomic E-state index is 15.6. The highest BCUT2D eigenvalue weighted by atomic mass is 35.5. The largest absolute Gasteiger partial charge is 0.480 e. The van der Waals surface area contributed by atoms with Crippen LogP contribution in [0.2, 0.25) is 10.0 Å². The summed E-state index contributed by atoms with van der Waals surface area (Å²) in [4.78, 5) is 37.5. The van der Waals surface area contributed by atoms with Crippen LogP contribution in [-0.4, -0.2) is 77.6 Å². The Labute approximate surface area is 342 Å². The number of anilines is 1. The summed E-state index contributed by atoms with van der Waals surface area (Å²) < 4.78 is 123. The maximum atomic E-state index is 15.6. The van der Waals surface area contributed by atoms with Gasteiger partial charge in [-0.1, -0.05) is 23.2 Å². The highest BCUT2D eigenvalue weighted by Crippen LogP contribution is 2.73. The Kier molecular flexibility index (Phi) is 9.47. The molecule has 4 aromatic heterocycles. The third-order valence-electron chi connectivity index (χ3n) is 10.2. The smallest absolute Gasteiger partial charge is 0.321 e. The van der Waals surface area contributed by atoms with Gasteiger partial charge in [-0.2, -0.15) is 24.0 Å². The average Bonchev–Trinajstić information content (AvgIpc) is 3.35. The number of halogens is 8. The molecule has 4 N–H and O–H groups in total. The van der Waals surface area contributed by atoms with Crippen molar-refractivity contribution < 1.29 is 54.5 Å². The lowest BCUT2D eigenvalue weighted by atomic mass is 10.0. The zero-order valence-electron chi connectivity index (χ0n) is 30.7. The van der Waals surface area contributed by atoms with Gasteiger partial charge in [-0.05, 0) is 35.9 Å². The molecule has 0 radical (unpaired) electrons. The van der Waals surface area contributed by atoms with Crippen molar-refractivity contribution in [2.75, 3.05) is 18.1 Å². The number of alkyl halides is 4. The Morgan fingerprint density at radius 2 is 1.73 bits per heavy atom. The van der Waals surface area contributed by atoms with E-state index < -0.39 is 105 Å². The van der Waals surface area contributed by atoms with Gasteiger partial charge >= 0.3 is 5.92 Å². The number of aryl methyl sites for hydroxylation is 1. The first-order valence-electron chi connectivity index (χ1n) is 17.3. The van der Waals surface area contributed by atoms with Crippen LogP contribution in [0.4, 0.5) is 32.2 Å². The van der Waals surface area contributed by atoms with Gasteiger partial charge in [0.25, 0.3) is 12.0 Å². The molecule has 25 heteroatoms. The van der Waals surface area contributed by atoms with Crippen LogP contribution in [0.3, 0.4) is 0 Å². The van der Waals surface area contributed by atoms with Gasteiger partial charge in [-0.3, -0.25) is 28.2 Å². The van der Waals surface area contributed by atoms with E-state index in [1.807, 2.05) is 0 Å². The number of ether oxygens (including phenoxy) is 1. The lowest BCUT2D eigenvalue weighted by Gasteiger charge is -2.24. The molecule has 1 fully saturated rings. The minimum Gasteiger partial charge on any atom is -0.480 e. The molecule has 4 heterocycles. The SMILES string of the molecule is COc1nc2nc([C@H](Cc3cc(F)cc(F)c3)NC(=O)Cn3nc(C(F)F)c4c3C(F)(F)[C@@]3(O)C[C@@]43O)n(-c3ccc(Cl)c4c(NS(C)(=O)=O)nn(C)c34)c(=O)c2cc1Cl. The predicted octanol–water partition coefficient (Wildman–Crippen LogP) is 4.29.